The average molecular weight is 364 g/mol. The number of hydrogen-bond acceptors (Lipinski definition) is 4. The summed E-state index contributed by atoms with van der Waals surface area (Å²) in [4.78, 5) is 0.392. The van der Waals surface area contributed by atoms with Crippen LogP contribution >= 0.6 is 0 Å². The van der Waals surface area contributed by atoms with Gasteiger partial charge in [0.15, 0.2) is 19.7 Å². The molecule has 0 saturated heterocycles. The van der Waals surface area contributed by atoms with E-state index in [2.05, 4.69) is 0 Å². The first-order valence-corrected chi connectivity index (χ1v) is 10.9. The number of aryl methyl sites for hydroxylation is 2. The van der Waals surface area contributed by atoms with E-state index in [1.54, 1.807) is 48.5 Å². The van der Waals surface area contributed by atoms with Crippen molar-refractivity contribution >= 4 is 19.7 Å². The minimum absolute atomic E-state index is 0.196. The van der Waals surface area contributed by atoms with Gasteiger partial charge in [0.1, 0.15) is 0 Å². The molecule has 6 heteroatoms. The lowest BCUT2D eigenvalue weighted by atomic mass is 9.99. The molecule has 0 radical (unpaired) electrons. The van der Waals surface area contributed by atoms with Crippen molar-refractivity contribution in [2.24, 2.45) is 0 Å². The van der Waals surface area contributed by atoms with Crippen molar-refractivity contribution in [2.45, 2.75) is 47.0 Å². The summed E-state index contributed by atoms with van der Waals surface area (Å²) < 4.78 is 51.2. The van der Waals surface area contributed by atoms with Gasteiger partial charge >= 0.3 is 0 Å². The molecule has 0 spiro atoms. The van der Waals surface area contributed by atoms with Crippen molar-refractivity contribution in [1.29, 1.82) is 0 Å². The first-order valence-electron chi connectivity index (χ1n) is 7.84. The van der Waals surface area contributed by atoms with Gasteiger partial charge < -0.3 is 0 Å². The molecule has 4 nitrogen and oxygen atoms in total. The Bertz CT molecular complexity index is 860. The highest BCUT2D eigenvalue weighted by atomic mass is 32.2. The van der Waals surface area contributed by atoms with Crippen molar-refractivity contribution in [3.63, 3.8) is 0 Å². The lowest BCUT2D eigenvalue weighted by Gasteiger charge is -2.35. The second kappa shape index (κ2) is 6.01. The summed E-state index contributed by atoms with van der Waals surface area (Å²) >= 11 is 0. The van der Waals surface area contributed by atoms with E-state index in [9.17, 15) is 16.8 Å². The lowest BCUT2D eigenvalue weighted by molar-refractivity contribution is 0.460. The maximum atomic E-state index is 12.8. The fraction of sp³-hybridized carbons (Fsp3) is 0.333. The number of sulfone groups is 2. The largest absolute Gasteiger partial charge is 0.223 e. The summed E-state index contributed by atoms with van der Waals surface area (Å²) in [6.45, 7) is 3.76. The average Bonchev–Trinajstić information content (AvgIpc) is 2.46. The third-order valence-corrected chi connectivity index (χ3v) is 9.40. The van der Waals surface area contributed by atoms with Crippen LogP contribution in [0, 0.1) is 13.8 Å². The molecule has 0 aromatic heterocycles. The molecule has 2 atom stereocenters. The SMILES string of the molecule is Cc1ccc(S(=O)(=O)[C@@H]2CC[C@H]2S(=O)(=O)c2ccc(C)cc2)cc1. The fourth-order valence-electron chi connectivity index (χ4n) is 2.95. The summed E-state index contributed by atoms with van der Waals surface area (Å²) in [6.07, 6.45) is 0.762. The van der Waals surface area contributed by atoms with Crippen molar-refractivity contribution in [1.82, 2.24) is 0 Å². The van der Waals surface area contributed by atoms with Gasteiger partial charge in [-0.1, -0.05) is 35.4 Å². The van der Waals surface area contributed by atoms with Gasteiger partial charge in [-0.05, 0) is 51.0 Å². The van der Waals surface area contributed by atoms with Crippen molar-refractivity contribution in [2.75, 3.05) is 0 Å². The monoisotopic (exact) mass is 364 g/mol. The topological polar surface area (TPSA) is 68.3 Å². The maximum absolute atomic E-state index is 12.8. The van der Waals surface area contributed by atoms with E-state index in [0.717, 1.165) is 11.1 Å². The predicted molar refractivity (Wildman–Crippen MR) is 93.5 cm³/mol. The van der Waals surface area contributed by atoms with Crippen LogP contribution in [-0.4, -0.2) is 27.3 Å². The number of rotatable bonds is 4. The molecule has 2 aromatic carbocycles. The summed E-state index contributed by atoms with van der Waals surface area (Å²) in [5, 5.41) is -1.74. The molecule has 0 N–H and O–H groups in total. The standard InChI is InChI=1S/C18H20O4S2/c1-13-3-7-15(8-4-13)23(19,20)17-11-12-18(17)24(21,22)16-9-5-14(2)6-10-16/h3-10,17-18H,11-12H2,1-2H3/t17-,18-/m1/s1. The van der Waals surface area contributed by atoms with E-state index < -0.39 is 30.2 Å². The molecule has 1 aliphatic rings. The third kappa shape index (κ3) is 2.89. The van der Waals surface area contributed by atoms with Gasteiger partial charge in [-0.25, -0.2) is 16.8 Å². The highest BCUT2D eigenvalue weighted by Gasteiger charge is 2.49. The van der Waals surface area contributed by atoms with Crippen LogP contribution in [0.4, 0.5) is 0 Å². The smallest absolute Gasteiger partial charge is 0.182 e. The molecule has 1 fully saturated rings. The van der Waals surface area contributed by atoms with Crippen LogP contribution in [-0.2, 0) is 19.7 Å². The zero-order valence-corrected chi connectivity index (χ0v) is 15.3. The van der Waals surface area contributed by atoms with Crippen molar-refractivity contribution in [3.8, 4) is 0 Å². The molecule has 0 amide bonds. The highest BCUT2D eigenvalue weighted by Crippen LogP contribution is 2.38. The summed E-state index contributed by atoms with van der Waals surface area (Å²) in [7, 11) is -7.29. The molecule has 0 aliphatic heterocycles. The molecule has 1 saturated carbocycles. The quantitative estimate of drug-likeness (QED) is 0.836. The summed E-state index contributed by atoms with van der Waals surface area (Å²) in [6, 6.07) is 13.1. The predicted octanol–water partition coefficient (Wildman–Crippen LogP) is 3.08. The van der Waals surface area contributed by atoms with Crippen LogP contribution < -0.4 is 0 Å². The van der Waals surface area contributed by atoms with E-state index >= 15 is 0 Å². The second-order valence-electron chi connectivity index (χ2n) is 6.37. The van der Waals surface area contributed by atoms with Crippen molar-refractivity contribution < 1.29 is 16.8 Å². The molecule has 0 heterocycles. The highest BCUT2D eigenvalue weighted by molar-refractivity contribution is 7.96. The van der Waals surface area contributed by atoms with E-state index in [1.165, 1.54) is 0 Å². The number of benzene rings is 2. The first-order chi connectivity index (χ1) is 11.2. The molecule has 0 unspecified atom stereocenters. The minimum Gasteiger partial charge on any atom is -0.223 e. The Morgan fingerprint density at radius 2 is 0.917 bits per heavy atom. The summed E-state index contributed by atoms with van der Waals surface area (Å²) in [5.41, 5.74) is 1.93. The Morgan fingerprint density at radius 3 is 1.17 bits per heavy atom. The second-order valence-corrected chi connectivity index (χ2v) is 10.7. The van der Waals surface area contributed by atoms with Crippen LogP contribution in [0.1, 0.15) is 24.0 Å². The molecular weight excluding hydrogens is 344 g/mol. The van der Waals surface area contributed by atoms with Crippen LogP contribution in [0.15, 0.2) is 58.3 Å². The Kier molecular flexibility index (Phi) is 4.30. The zero-order valence-electron chi connectivity index (χ0n) is 13.6. The van der Waals surface area contributed by atoms with Crippen LogP contribution in [0.25, 0.3) is 0 Å². The molecule has 0 bridgehead atoms. The van der Waals surface area contributed by atoms with Gasteiger partial charge in [0.2, 0.25) is 0 Å². The van der Waals surface area contributed by atoms with Gasteiger partial charge in [-0.2, -0.15) is 0 Å². The summed E-state index contributed by atoms with van der Waals surface area (Å²) in [5.74, 6) is 0. The van der Waals surface area contributed by atoms with E-state index in [-0.39, 0.29) is 9.79 Å². The normalized spacial score (nSPS) is 21.2. The van der Waals surface area contributed by atoms with Gasteiger partial charge in [-0.3, -0.25) is 0 Å². The third-order valence-electron chi connectivity index (χ3n) is 4.65. The molecule has 128 valence electrons. The molecule has 3 rings (SSSR count). The lowest BCUT2D eigenvalue weighted by Crippen LogP contribution is -2.47. The molecular formula is C18H20O4S2. The fourth-order valence-corrected chi connectivity index (χ4v) is 7.53. The van der Waals surface area contributed by atoms with Crippen LogP contribution in [0.5, 0.6) is 0 Å². The Hall–Kier alpha value is -1.66. The maximum Gasteiger partial charge on any atom is 0.182 e. The Balaban J connectivity index is 1.94. The Morgan fingerprint density at radius 1 is 0.625 bits per heavy atom. The van der Waals surface area contributed by atoms with Crippen LogP contribution in [0.3, 0.4) is 0 Å². The van der Waals surface area contributed by atoms with Crippen LogP contribution in [0.2, 0.25) is 0 Å². The van der Waals surface area contributed by atoms with E-state index in [1.807, 2.05) is 13.8 Å². The minimum atomic E-state index is -3.65. The number of hydrogen-bond donors (Lipinski definition) is 0. The van der Waals surface area contributed by atoms with Gasteiger partial charge in [0.05, 0.1) is 20.3 Å². The van der Waals surface area contributed by atoms with E-state index in [0.29, 0.717) is 12.8 Å². The molecule has 2 aromatic rings. The van der Waals surface area contributed by atoms with Crippen molar-refractivity contribution in [3.05, 3.63) is 59.7 Å². The van der Waals surface area contributed by atoms with Gasteiger partial charge in [0, 0.05) is 0 Å². The van der Waals surface area contributed by atoms with Gasteiger partial charge in [0.25, 0.3) is 0 Å². The zero-order chi connectivity index (χ0) is 17.5. The Labute approximate surface area is 143 Å². The first kappa shape index (κ1) is 17.2. The van der Waals surface area contributed by atoms with E-state index in [4.69, 9.17) is 0 Å². The van der Waals surface area contributed by atoms with Gasteiger partial charge in [-0.15, -0.1) is 0 Å². The molecule has 24 heavy (non-hydrogen) atoms. The molecule has 1 aliphatic carbocycles.